The van der Waals surface area contributed by atoms with Gasteiger partial charge in [-0.15, -0.1) is 0 Å². The number of hydrogen-bond donors (Lipinski definition) is 2. The molecule has 1 aliphatic rings. The lowest BCUT2D eigenvalue weighted by Gasteiger charge is -2.12. The highest BCUT2D eigenvalue weighted by molar-refractivity contribution is 5.69. The predicted molar refractivity (Wildman–Crippen MR) is 67.8 cm³/mol. The van der Waals surface area contributed by atoms with Crippen LogP contribution in [0, 0.1) is 11.7 Å². The van der Waals surface area contributed by atoms with Crippen LogP contribution >= 0.6 is 0 Å². The normalized spacial score (nSPS) is 22.3. The number of ether oxygens (including phenoxy) is 1. The molecule has 2 rings (SSSR count). The van der Waals surface area contributed by atoms with Crippen LogP contribution in [0.2, 0.25) is 0 Å². The molecule has 0 radical (unpaired) electrons. The molecule has 0 saturated heterocycles. The van der Waals surface area contributed by atoms with Gasteiger partial charge in [-0.05, 0) is 18.8 Å². The number of nitrogens with one attached hydrogen (secondary N) is 1. The topological polar surface area (TPSA) is 47.3 Å². The summed E-state index contributed by atoms with van der Waals surface area (Å²) in [7, 11) is 0. The smallest absolute Gasteiger partial charge is 0.167 e. The van der Waals surface area contributed by atoms with Gasteiger partial charge in [0.25, 0.3) is 0 Å². The van der Waals surface area contributed by atoms with Crippen LogP contribution < -0.4 is 15.8 Å². The van der Waals surface area contributed by atoms with Crippen molar-refractivity contribution >= 4 is 11.4 Å². The van der Waals surface area contributed by atoms with Gasteiger partial charge in [0.15, 0.2) is 11.6 Å². The zero-order valence-corrected chi connectivity index (χ0v) is 10.3. The summed E-state index contributed by atoms with van der Waals surface area (Å²) in [6.45, 7) is 4.67. The van der Waals surface area contributed by atoms with E-state index in [0.717, 1.165) is 18.5 Å². The maximum Gasteiger partial charge on any atom is 0.167 e. The maximum atomic E-state index is 13.6. The molecule has 0 amide bonds. The van der Waals surface area contributed by atoms with Crippen molar-refractivity contribution < 1.29 is 9.13 Å². The van der Waals surface area contributed by atoms with E-state index in [9.17, 15) is 4.39 Å². The molecule has 0 aromatic heterocycles. The van der Waals surface area contributed by atoms with Crippen LogP contribution in [-0.2, 0) is 0 Å². The Bertz CT molecular complexity index is 409. The van der Waals surface area contributed by atoms with Crippen molar-refractivity contribution in [2.24, 2.45) is 5.92 Å². The Labute approximate surface area is 101 Å². The van der Waals surface area contributed by atoms with E-state index in [0.29, 0.717) is 24.3 Å². The second-order valence-corrected chi connectivity index (χ2v) is 4.68. The number of anilines is 2. The minimum absolute atomic E-state index is 0.275. The molecule has 2 atom stereocenters. The molecule has 1 fully saturated rings. The molecule has 0 bridgehead atoms. The van der Waals surface area contributed by atoms with Gasteiger partial charge < -0.3 is 15.8 Å². The van der Waals surface area contributed by atoms with Gasteiger partial charge in [0.1, 0.15) is 0 Å². The first-order valence-electron chi connectivity index (χ1n) is 6.10. The summed E-state index contributed by atoms with van der Waals surface area (Å²) in [6.07, 6.45) is 1.99. The highest BCUT2D eigenvalue weighted by atomic mass is 19.1. The molecule has 1 saturated carbocycles. The molecule has 1 aromatic carbocycles. The molecule has 17 heavy (non-hydrogen) atoms. The molecule has 0 aliphatic heterocycles. The molecule has 1 aromatic rings. The summed E-state index contributed by atoms with van der Waals surface area (Å²) in [6, 6.07) is 3.44. The second kappa shape index (κ2) is 4.82. The highest BCUT2D eigenvalue weighted by Gasteiger charge is 2.32. The molecular weight excluding hydrogens is 219 g/mol. The number of rotatable bonds is 5. The maximum absolute atomic E-state index is 13.6. The Hall–Kier alpha value is -1.45. The number of nitrogens with two attached hydrogens (primary N) is 1. The summed E-state index contributed by atoms with van der Waals surface area (Å²) in [5.41, 5.74) is 6.99. The average molecular weight is 238 g/mol. The number of benzene rings is 1. The van der Waals surface area contributed by atoms with Gasteiger partial charge in [0.05, 0.1) is 18.0 Å². The largest absolute Gasteiger partial charge is 0.490 e. The molecule has 2 unspecified atom stereocenters. The number of halogens is 1. The monoisotopic (exact) mass is 238 g/mol. The highest BCUT2D eigenvalue weighted by Crippen LogP contribution is 2.36. The first kappa shape index (κ1) is 12.0. The summed E-state index contributed by atoms with van der Waals surface area (Å²) >= 11 is 0. The zero-order chi connectivity index (χ0) is 12.4. The van der Waals surface area contributed by atoms with Gasteiger partial charge in [-0.2, -0.15) is 0 Å². The fourth-order valence-electron chi connectivity index (χ4n) is 1.74. The lowest BCUT2D eigenvalue weighted by molar-refractivity contribution is 0.301. The van der Waals surface area contributed by atoms with Crippen LogP contribution in [0.15, 0.2) is 12.1 Å². The van der Waals surface area contributed by atoms with Gasteiger partial charge >= 0.3 is 0 Å². The van der Waals surface area contributed by atoms with Crippen molar-refractivity contribution in [2.45, 2.75) is 32.7 Å². The third-order valence-electron chi connectivity index (χ3n) is 3.02. The van der Waals surface area contributed by atoms with E-state index >= 15 is 0 Å². The van der Waals surface area contributed by atoms with Crippen molar-refractivity contribution in [3.8, 4) is 5.75 Å². The van der Waals surface area contributed by atoms with E-state index in [1.807, 2.05) is 6.92 Å². The van der Waals surface area contributed by atoms with Crippen molar-refractivity contribution in [2.75, 3.05) is 17.7 Å². The van der Waals surface area contributed by atoms with Gasteiger partial charge in [-0.25, -0.2) is 4.39 Å². The van der Waals surface area contributed by atoms with Crippen LogP contribution in [0.5, 0.6) is 5.75 Å². The second-order valence-electron chi connectivity index (χ2n) is 4.68. The number of nitrogen functional groups attached to an aromatic ring is 1. The van der Waals surface area contributed by atoms with Gasteiger partial charge in [-0.3, -0.25) is 0 Å². The standard InChI is InChI=1S/C13H19FN2O/c1-3-4-17-13-7-12(10(15)6-9(13)14)16-11-5-8(11)2/h6-8,11,16H,3-5,15H2,1-2H3. The third-order valence-corrected chi connectivity index (χ3v) is 3.02. The lowest BCUT2D eigenvalue weighted by atomic mass is 10.2. The van der Waals surface area contributed by atoms with Crippen LogP contribution in [0.3, 0.4) is 0 Å². The molecule has 0 spiro atoms. The Morgan fingerprint density at radius 2 is 2.24 bits per heavy atom. The SMILES string of the molecule is CCCOc1cc(NC2CC2C)c(N)cc1F. The van der Waals surface area contributed by atoms with E-state index < -0.39 is 5.82 Å². The van der Waals surface area contributed by atoms with Gasteiger partial charge in [0, 0.05) is 18.2 Å². The molecule has 1 aliphatic carbocycles. The van der Waals surface area contributed by atoms with Crippen LogP contribution in [0.1, 0.15) is 26.7 Å². The molecule has 3 nitrogen and oxygen atoms in total. The van der Waals surface area contributed by atoms with Crippen LogP contribution in [0.25, 0.3) is 0 Å². The Morgan fingerprint density at radius 1 is 1.53 bits per heavy atom. The van der Waals surface area contributed by atoms with E-state index in [1.165, 1.54) is 6.07 Å². The minimum atomic E-state index is -0.398. The van der Waals surface area contributed by atoms with Gasteiger partial charge in [0.2, 0.25) is 0 Å². The van der Waals surface area contributed by atoms with E-state index in [4.69, 9.17) is 10.5 Å². The zero-order valence-electron chi connectivity index (χ0n) is 10.3. The molecule has 94 valence electrons. The predicted octanol–water partition coefficient (Wildman–Crippen LogP) is 3.02. The first-order valence-corrected chi connectivity index (χ1v) is 6.10. The Kier molecular flexibility index (Phi) is 3.41. The molecule has 0 heterocycles. The average Bonchev–Trinajstić information content (AvgIpc) is 2.97. The van der Waals surface area contributed by atoms with E-state index in [1.54, 1.807) is 6.07 Å². The van der Waals surface area contributed by atoms with Gasteiger partial charge in [-0.1, -0.05) is 13.8 Å². The fourth-order valence-corrected chi connectivity index (χ4v) is 1.74. The summed E-state index contributed by atoms with van der Waals surface area (Å²) in [5.74, 6) is 0.543. The third kappa shape index (κ3) is 2.81. The summed E-state index contributed by atoms with van der Waals surface area (Å²) < 4.78 is 18.9. The number of hydrogen-bond acceptors (Lipinski definition) is 3. The lowest BCUT2D eigenvalue weighted by Crippen LogP contribution is -2.07. The van der Waals surface area contributed by atoms with E-state index in [2.05, 4.69) is 12.2 Å². The van der Waals surface area contributed by atoms with Crippen molar-refractivity contribution in [1.82, 2.24) is 0 Å². The van der Waals surface area contributed by atoms with Crippen molar-refractivity contribution in [3.05, 3.63) is 17.9 Å². The fraction of sp³-hybridized carbons (Fsp3) is 0.538. The van der Waals surface area contributed by atoms with Crippen molar-refractivity contribution in [1.29, 1.82) is 0 Å². The molecular formula is C13H19FN2O. The quantitative estimate of drug-likeness (QED) is 0.775. The van der Waals surface area contributed by atoms with E-state index in [-0.39, 0.29) is 5.75 Å². The summed E-state index contributed by atoms with van der Waals surface area (Å²) in [5, 5.41) is 3.31. The molecule has 4 heteroatoms. The van der Waals surface area contributed by atoms with Crippen molar-refractivity contribution in [3.63, 3.8) is 0 Å². The minimum Gasteiger partial charge on any atom is -0.490 e. The first-order chi connectivity index (χ1) is 8.11. The summed E-state index contributed by atoms with van der Waals surface area (Å²) in [4.78, 5) is 0. The Morgan fingerprint density at radius 3 is 2.82 bits per heavy atom. The van der Waals surface area contributed by atoms with Crippen LogP contribution in [-0.4, -0.2) is 12.6 Å². The molecule has 3 N–H and O–H groups in total. The Balaban J connectivity index is 2.13. The van der Waals surface area contributed by atoms with Crippen LogP contribution in [0.4, 0.5) is 15.8 Å².